The molecular weight excluding hydrogens is 382 g/mol. The fourth-order valence-electron chi connectivity index (χ4n) is 1.99. The number of nitrogens with zero attached hydrogens (tertiary/aromatic N) is 1. The predicted molar refractivity (Wildman–Crippen MR) is 94.5 cm³/mol. The van der Waals surface area contributed by atoms with Gasteiger partial charge in [-0.15, -0.1) is 0 Å². The van der Waals surface area contributed by atoms with Gasteiger partial charge in [-0.2, -0.15) is 0 Å². The summed E-state index contributed by atoms with van der Waals surface area (Å²) in [6, 6.07) is 12.0. The van der Waals surface area contributed by atoms with Gasteiger partial charge in [0.1, 0.15) is 4.90 Å². The number of ether oxygens (including phenoxy) is 1. The lowest BCUT2D eigenvalue weighted by Crippen LogP contribution is -2.26. The number of ketones is 1. The number of rotatable bonds is 7. The van der Waals surface area contributed by atoms with E-state index in [2.05, 4.69) is 4.84 Å². The van der Waals surface area contributed by atoms with E-state index in [1.165, 1.54) is 26.3 Å². The highest BCUT2D eigenvalue weighted by Crippen LogP contribution is 2.25. The van der Waals surface area contributed by atoms with Crippen molar-refractivity contribution in [3.63, 3.8) is 0 Å². The molecule has 0 aliphatic heterocycles. The molecule has 2 aromatic carbocycles. The van der Waals surface area contributed by atoms with Gasteiger partial charge in [0.2, 0.25) is 0 Å². The molecule has 0 saturated heterocycles. The SMILES string of the molecule is CON(C)S(=O)(=O)c1cc(C(=O)OCC(=O)c2ccccc2)ccc1Cl. The number of esters is 1. The minimum atomic E-state index is -4.05. The zero-order chi connectivity index (χ0) is 19.3. The van der Waals surface area contributed by atoms with Crippen LogP contribution in [0.25, 0.3) is 0 Å². The maximum absolute atomic E-state index is 12.3. The van der Waals surface area contributed by atoms with E-state index in [1.807, 2.05) is 0 Å². The van der Waals surface area contributed by atoms with Crippen LogP contribution in [0.4, 0.5) is 0 Å². The summed E-state index contributed by atoms with van der Waals surface area (Å²) in [6.07, 6.45) is 0. The molecule has 2 rings (SSSR count). The molecule has 0 spiro atoms. The predicted octanol–water partition coefficient (Wildman–Crippen LogP) is 2.56. The third-order valence-corrected chi connectivity index (χ3v) is 5.63. The Morgan fingerprint density at radius 1 is 1.08 bits per heavy atom. The van der Waals surface area contributed by atoms with E-state index in [1.54, 1.807) is 30.3 Å². The molecule has 0 aliphatic rings. The van der Waals surface area contributed by atoms with Crippen molar-refractivity contribution in [2.75, 3.05) is 20.8 Å². The molecule has 0 unspecified atom stereocenters. The van der Waals surface area contributed by atoms with E-state index in [0.29, 0.717) is 10.0 Å². The molecule has 0 amide bonds. The highest BCUT2D eigenvalue weighted by Gasteiger charge is 2.25. The minimum Gasteiger partial charge on any atom is -0.454 e. The van der Waals surface area contributed by atoms with Crippen molar-refractivity contribution < 1.29 is 27.6 Å². The van der Waals surface area contributed by atoms with E-state index in [-0.39, 0.29) is 21.3 Å². The van der Waals surface area contributed by atoms with Crippen LogP contribution in [0.15, 0.2) is 53.4 Å². The zero-order valence-electron chi connectivity index (χ0n) is 14.0. The van der Waals surface area contributed by atoms with Crippen molar-refractivity contribution in [2.45, 2.75) is 4.90 Å². The first-order valence-electron chi connectivity index (χ1n) is 7.35. The maximum atomic E-state index is 12.3. The normalized spacial score (nSPS) is 11.4. The number of carbonyl (C=O) groups excluding carboxylic acids is 2. The molecule has 26 heavy (non-hydrogen) atoms. The van der Waals surface area contributed by atoms with E-state index in [4.69, 9.17) is 16.3 Å². The van der Waals surface area contributed by atoms with Crippen LogP contribution in [0.2, 0.25) is 5.02 Å². The standard InChI is InChI=1S/C17H16ClNO6S/c1-19(24-2)26(22,23)16-10-13(8-9-14(16)18)17(21)25-11-15(20)12-6-4-3-5-7-12/h3-10H,11H2,1-2H3. The average molecular weight is 398 g/mol. The third kappa shape index (κ3) is 4.47. The van der Waals surface area contributed by atoms with Crippen molar-refractivity contribution in [3.05, 3.63) is 64.7 Å². The molecule has 138 valence electrons. The van der Waals surface area contributed by atoms with Crippen LogP contribution in [0.5, 0.6) is 0 Å². The highest BCUT2D eigenvalue weighted by atomic mass is 35.5. The molecule has 0 fully saturated rings. The highest BCUT2D eigenvalue weighted by molar-refractivity contribution is 7.89. The van der Waals surface area contributed by atoms with Crippen LogP contribution >= 0.6 is 11.6 Å². The van der Waals surface area contributed by atoms with Crippen molar-refractivity contribution in [2.24, 2.45) is 0 Å². The Hall–Kier alpha value is -2.26. The molecule has 0 bridgehead atoms. The molecule has 0 heterocycles. The number of halogens is 1. The van der Waals surface area contributed by atoms with E-state index in [0.717, 1.165) is 6.07 Å². The minimum absolute atomic E-state index is 0.0571. The molecule has 9 heteroatoms. The quantitative estimate of drug-likeness (QED) is 0.405. The Kier molecular flexibility index (Phi) is 6.49. The smallest absolute Gasteiger partial charge is 0.338 e. The second-order valence-electron chi connectivity index (χ2n) is 5.11. The number of hydrogen-bond donors (Lipinski definition) is 0. The van der Waals surface area contributed by atoms with Gasteiger partial charge in [-0.1, -0.05) is 46.4 Å². The molecular formula is C17H16ClNO6S. The summed E-state index contributed by atoms with van der Waals surface area (Å²) in [5, 5.41) is -0.0780. The Labute approximate surface area is 156 Å². The number of carbonyl (C=O) groups is 2. The van der Waals surface area contributed by atoms with Gasteiger partial charge in [-0.05, 0) is 18.2 Å². The van der Waals surface area contributed by atoms with Gasteiger partial charge in [0.15, 0.2) is 12.4 Å². The molecule has 0 aromatic heterocycles. The summed E-state index contributed by atoms with van der Waals surface area (Å²) in [5.41, 5.74) is 0.347. The van der Waals surface area contributed by atoms with Crippen LogP contribution in [0, 0.1) is 0 Å². The van der Waals surface area contributed by atoms with Gasteiger partial charge in [0.05, 0.1) is 17.7 Å². The second-order valence-corrected chi connectivity index (χ2v) is 7.42. The second kappa shape index (κ2) is 8.41. The van der Waals surface area contributed by atoms with Crippen molar-refractivity contribution >= 4 is 33.4 Å². The monoisotopic (exact) mass is 397 g/mol. The van der Waals surface area contributed by atoms with Gasteiger partial charge < -0.3 is 4.74 Å². The number of sulfonamides is 1. The number of Topliss-reactive ketones (excluding diaryl/α,β-unsaturated/α-hetero) is 1. The van der Waals surface area contributed by atoms with E-state index >= 15 is 0 Å². The van der Waals surface area contributed by atoms with Crippen LogP contribution in [0.3, 0.4) is 0 Å². The lowest BCUT2D eigenvalue weighted by Gasteiger charge is -2.15. The van der Waals surface area contributed by atoms with Crippen molar-refractivity contribution in [1.82, 2.24) is 4.47 Å². The molecule has 7 nitrogen and oxygen atoms in total. The Morgan fingerprint density at radius 3 is 2.35 bits per heavy atom. The van der Waals surface area contributed by atoms with E-state index < -0.39 is 22.6 Å². The summed E-state index contributed by atoms with van der Waals surface area (Å²) in [5.74, 6) is -1.22. The van der Waals surface area contributed by atoms with Crippen LogP contribution in [-0.2, 0) is 19.6 Å². The molecule has 0 saturated carbocycles. The van der Waals surface area contributed by atoms with Crippen molar-refractivity contribution in [3.8, 4) is 0 Å². The van der Waals surface area contributed by atoms with Crippen LogP contribution in [-0.4, -0.2) is 45.4 Å². The summed E-state index contributed by atoms with van der Waals surface area (Å²) in [7, 11) is -1.68. The Balaban J connectivity index is 2.18. The summed E-state index contributed by atoms with van der Waals surface area (Å²) < 4.78 is 30.2. The number of benzene rings is 2. The summed E-state index contributed by atoms with van der Waals surface area (Å²) >= 11 is 5.93. The molecule has 0 atom stereocenters. The first-order chi connectivity index (χ1) is 12.3. The van der Waals surface area contributed by atoms with E-state index in [9.17, 15) is 18.0 Å². The lowest BCUT2D eigenvalue weighted by atomic mass is 10.1. The van der Waals surface area contributed by atoms with Gasteiger partial charge in [-0.25, -0.2) is 13.2 Å². The van der Waals surface area contributed by atoms with Crippen LogP contribution in [0.1, 0.15) is 20.7 Å². The maximum Gasteiger partial charge on any atom is 0.338 e. The summed E-state index contributed by atoms with van der Waals surface area (Å²) in [6.45, 7) is -0.467. The van der Waals surface area contributed by atoms with Gasteiger partial charge in [0, 0.05) is 12.6 Å². The first kappa shape index (κ1) is 20.1. The van der Waals surface area contributed by atoms with Gasteiger partial charge in [0.25, 0.3) is 10.0 Å². The topological polar surface area (TPSA) is 90.0 Å². The first-order valence-corrected chi connectivity index (χ1v) is 9.17. The van der Waals surface area contributed by atoms with Gasteiger partial charge >= 0.3 is 5.97 Å². The van der Waals surface area contributed by atoms with Crippen molar-refractivity contribution in [1.29, 1.82) is 0 Å². The third-order valence-electron chi connectivity index (χ3n) is 3.47. The average Bonchev–Trinajstić information content (AvgIpc) is 2.65. The lowest BCUT2D eigenvalue weighted by molar-refractivity contribution is -0.0258. The molecule has 0 aliphatic carbocycles. The largest absolute Gasteiger partial charge is 0.454 e. The van der Waals surface area contributed by atoms with Gasteiger partial charge in [-0.3, -0.25) is 9.63 Å². The fourth-order valence-corrected chi connectivity index (χ4v) is 3.46. The van der Waals surface area contributed by atoms with Crippen LogP contribution < -0.4 is 0 Å². The fraction of sp³-hybridized carbons (Fsp3) is 0.176. The Morgan fingerprint density at radius 2 is 1.73 bits per heavy atom. The number of hydroxylamine groups is 1. The zero-order valence-corrected chi connectivity index (χ0v) is 15.6. The molecule has 0 N–H and O–H groups in total. The number of hydrogen-bond acceptors (Lipinski definition) is 6. The molecule has 0 radical (unpaired) electrons. The molecule has 2 aromatic rings. The Bertz CT molecular complexity index is 914. The summed E-state index contributed by atoms with van der Waals surface area (Å²) in [4.78, 5) is 28.5.